The molecule has 3 heterocycles. The molecule has 5 heteroatoms. The summed E-state index contributed by atoms with van der Waals surface area (Å²) in [6, 6.07) is 2.08. The summed E-state index contributed by atoms with van der Waals surface area (Å²) in [5, 5.41) is 0.877. The van der Waals surface area contributed by atoms with Gasteiger partial charge in [-0.05, 0) is 18.6 Å². The monoisotopic (exact) mass is 218 g/mol. The first-order valence-electron chi connectivity index (χ1n) is 4.74. The van der Waals surface area contributed by atoms with Gasteiger partial charge in [0.2, 0.25) is 0 Å². The molecule has 0 aromatic carbocycles. The first-order chi connectivity index (χ1) is 7.24. The molecule has 0 radical (unpaired) electrons. The van der Waals surface area contributed by atoms with Crippen LogP contribution in [-0.2, 0) is 11.5 Å². The van der Waals surface area contributed by atoms with Crippen molar-refractivity contribution in [3.05, 3.63) is 23.1 Å². The van der Waals surface area contributed by atoms with E-state index in [1.165, 1.54) is 5.56 Å². The van der Waals surface area contributed by atoms with Crippen molar-refractivity contribution >= 4 is 28.6 Å². The highest BCUT2D eigenvalue weighted by molar-refractivity contribution is 7.98. The Labute approximate surface area is 91.3 Å². The molecule has 0 fully saturated rings. The normalized spacial score (nSPS) is 14.5. The maximum atomic E-state index is 5.85. The zero-order chi connectivity index (χ0) is 10.4. The third kappa shape index (κ3) is 1.34. The number of fused-ring (bicyclic) bond motifs is 2. The minimum atomic E-state index is 0.532. The van der Waals surface area contributed by atoms with Crippen LogP contribution in [0.2, 0.25) is 0 Å². The van der Waals surface area contributed by atoms with Gasteiger partial charge >= 0.3 is 0 Å². The van der Waals surface area contributed by atoms with Gasteiger partial charge in [-0.15, -0.1) is 0 Å². The van der Waals surface area contributed by atoms with Gasteiger partial charge in [0.25, 0.3) is 0 Å². The van der Waals surface area contributed by atoms with Gasteiger partial charge in [0.15, 0.2) is 5.65 Å². The lowest BCUT2D eigenvalue weighted by Gasteiger charge is -2.04. The molecular weight excluding hydrogens is 208 g/mol. The molecule has 76 valence electrons. The first kappa shape index (κ1) is 8.91. The zero-order valence-electron chi connectivity index (χ0n) is 8.32. The molecule has 2 N–H and O–H groups in total. The van der Waals surface area contributed by atoms with E-state index < -0.39 is 0 Å². The number of hydrogen-bond donors (Lipinski definition) is 1. The highest BCUT2D eigenvalue weighted by atomic mass is 32.2. The van der Waals surface area contributed by atoms with Crippen LogP contribution in [0.25, 0.3) is 11.0 Å². The second-order valence-corrected chi connectivity index (χ2v) is 4.60. The summed E-state index contributed by atoms with van der Waals surface area (Å²) in [5.41, 5.74) is 8.99. The maximum absolute atomic E-state index is 5.85. The third-order valence-electron chi connectivity index (χ3n) is 2.49. The number of aromatic nitrogens is 3. The van der Waals surface area contributed by atoms with E-state index in [0.717, 1.165) is 28.2 Å². The lowest BCUT2D eigenvalue weighted by Crippen LogP contribution is -2.00. The van der Waals surface area contributed by atoms with E-state index in [2.05, 4.69) is 21.0 Å². The number of nitrogens with zero attached hydrogens (tertiary/aromatic N) is 3. The van der Waals surface area contributed by atoms with Gasteiger partial charge in [-0.25, -0.2) is 15.0 Å². The van der Waals surface area contributed by atoms with Gasteiger partial charge in [0, 0.05) is 11.5 Å². The Morgan fingerprint density at radius 1 is 1.27 bits per heavy atom. The predicted octanol–water partition coefficient (Wildman–Crippen LogP) is 1.66. The Morgan fingerprint density at radius 2 is 2.13 bits per heavy atom. The fraction of sp³-hybridized carbons (Fsp3) is 0.300. The minimum Gasteiger partial charge on any atom is -0.383 e. The van der Waals surface area contributed by atoms with Crippen LogP contribution < -0.4 is 5.73 Å². The molecule has 15 heavy (non-hydrogen) atoms. The Morgan fingerprint density at radius 3 is 3.00 bits per heavy atom. The lowest BCUT2D eigenvalue weighted by atomic mass is 10.2. The Kier molecular flexibility index (Phi) is 1.82. The van der Waals surface area contributed by atoms with Crippen LogP contribution in [0.3, 0.4) is 0 Å². The zero-order valence-corrected chi connectivity index (χ0v) is 9.14. The summed E-state index contributed by atoms with van der Waals surface area (Å²) in [5.74, 6) is 3.21. The van der Waals surface area contributed by atoms with Crippen molar-refractivity contribution in [1.29, 1.82) is 0 Å². The fourth-order valence-corrected chi connectivity index (χ4v) is 2.79. The number of thioether (sulfide) groups is 1. The summed E-state index contributed by atoms with van der Waals surface area (Å²) < 4.78 is 0. The second kappa shape index (κ2) is 3.06. The van der Waals surface area contributed by atoms with Crippen molar-refractivity contribution in [1.82, 2.24) is 15.0 Å². The van der Waals surface area contributed by atoms with E-state index in [-0.39, 0.29) is 0 Å². The summed E-state index contributed by atoms with van der Waals surface area (Å²) >= 11 is 1.87. The molecule has 0 aliphatic carbocycles. The second-order valence-electron chi connectivity index (χ2n) is 3.61. The van der Waals surface area contributed by atoms with Crippen molar-refractivity contribution in [2.75, 3.05) is 5.73 Å². The van der Waals surface area contributed by atoms with Gasteiger partial charge in [0.05, 0.1) is 11.1 Å². The quantitative estimate of drug-likeness (QED) is 0.728. The molecule has 0 saturated heterocycles. The van der Waals surface area contributed by atoms with Crippen LogP contribution >= 0.6 is 11.8 Å². The van der Waals surface area contributed by atoms with Crippen molar-refractivity contribution in [2.24, 2.45) is 0 Å². The lowest BCUT2D eigenvalue weighted by molar-refractivity contribution is 1.06. The smallest absolute Gasteiger partial charge is 0.165 e. The molecular formula is C10H10N4S. The van der Waals surface area contributed by atoms with Gasteiger partial charge in [-0.2, -0.15) is 11.8 Å². The maximum Gasteiger partial charge on any atom is 0.165 e. The van der Waals surface area contributed by atoms with E-state index >= 15 is 0 Å². The van der Waals surface area contributed by atoms with Crippen LogP contribution in [0, 0.1) is 6.92 Å². The molecule has 0 atom stereocenters. The molecule has 2 aromatic heterocycles. The van der Waals surface area contributed by atoms with Crippen LogP contribution in [-0.4, -0.2) is 15.0 Å². The molecule has 0 unspecified atom stereocenters. The van der Waals surface area contributed by atoms with Crippen LogP contribution in [0.1, 0.15) is 17.1 Å². The largest absolute Gasteiger partial charge is 0.383 e. The average Bonchev–Trinajstić information content (AvgIpc) is 2.61. The van der Waals surface area contributed by atoms with Crippen molar-refractivity contribution in [2.45, 2.75) is 18.4 Å². The van der Waals surface area contributed by atoms with E-state index in [0.29, 0.717) is 11.6 Å². The summed E-state index contributed by atoms with van der Waals surface area (Å²) in [4.78, 5) is 13.0. The molecule has 0 bridgehead atoms. The number of rotatable bonds is 0. The van der Waals surface area contributed by atoms with E-state index in [4.69, 9.17) is 5.73 Å². The van der Waals surface area contributed by atoms with Crippen molar-refractivity contribution in [3.8, 4) is 0 Å². The van der Waals surface area contributed by atoms with Crippen LogP contribution in [0.5, 0.6) is 0 Å². The van der Waals surface area contributed by atoms with Gasteiger partial charge in [-0.1, -0.05) is 0 Å². The summed E-state index contributed by atoms with van der Waals surface area (Å²) in [6.07, 6.45) is 0. The number of aryl methyl sites for hydroxylation is 1. The van der Waals surface area contributed by atoms with Gasteiger partial charge < -0.3 is 5.73 Å². The molecule has 4 nitrogen and oxygen atoms in total. The highest BCUT2D eigenvalue weighted by Crippen LogP contribution is 2.31. The van der Waals surface area contributed by atoms with E-state index in [1.54, 1.807) is 0 Å². The van der Waals surface area contributed by atoms with Crippen LogP contribution in [0.4, 0.5) is 5.82 Å². The Balaban J connectivity index is 2.38. The summed E-state index contributed by atoms with van der Waals surface area (Å²) in [7, 11) is 0. The molecule has 2 aromatic rings. The molecule has 0 amide bonds. The van der Waals surface area contributed by atoms with Gasteiger partial charge in [0.1, 0.15) is 11.6 Å². The predicted molar refractivity (Wildman–Crippen MR) is 61.5 cm³/mol. The average molecular weight is 218 g/mol. The summed E-state index contributed by atoms with van der Waals surface area (Å²) in [6.45, 7) is 1.83. The van der Waals surface area contributed by atoms with E-state index in [1.807, 2.05) is 18.7 Å². The Bertz CT molecular complexity index is 553. The number of pyridine rings is 1. The standard InChI is InChI=1S/C10H10N4S/c1-5-12-9(11)7-2-6-3-15-4-8(6)14-10(7)13-5/h2H,3-4H2,1H3,(H2,11,12,13,14). The first-order valence-corrected chi connectivity index (χ1v) is 5.90. The third-order valence-corrected chi connectivity index (χ3v) is 3.49. The minimum absolute atomic E-state index is 0.532. The molecule has 0 spiro atoms. The van der Waals surface area contributed by atoms with E-state index in [9.17, 15) is 0 Å². The number of anilines is 1. The highest BCUT2D eigenvalue weighted by Gasteiger charge is 2.15. The fourth-order valence-electron chi connectivity index (χ4n) is 1.78. The topological polar surface area (TPSA) is 64.7 Å². The van der Waals surface area contributed by atoms with Crippen molar-refractivity contribution < 1.29 is 0 Å². The molecule has 1 aliphatic heterocycles. The van der Waals surface area contributed by atoms with Crippen molar-refractivity contribution in [3.63, 3.8) is 0 Å². The molecule has 0 saturated carbocycles. The SMILES string of the molecule is Cc1nc(N)c2cc3c(nc2n1)CSC3. The van der Waals surface area contributed by atoms with Crippen LogP contribution in [0.15, 0.2) is 6.07 Å². The Hall–Kier alpha value is -1.36. The number of hydrogen-bond acceptors (Lipinski definition) is 5. The molecule has 1 aliphatic rings. The number of nitrogens with two attached hydrogens (primary N) is 1. The number of nitrogen functional groups attached to an aromatic ring is 1. The van der Waals surface area contributed by atoms with Gasteiger partial charge in [-0.3, -0.25) is 0 Å². The molecule has 3 rings (SSSR count).